The summed E-state index contributed by atoms with van der Waals surface area (Å²) in [6, 6.07) is 12.7. The van der Waals surface area contributed by atoms with Gasteiger partial charge in [0, 0.05) is 68.0 Å². The molecule has 17 heteroatoms. The van der Waals surface area contributed by atoms with Gasteiger partial charge in [0.15, 0.2) is 0 Å². The molecule has 6 heterocycles. The molecule has 4 N–H and O–H groups in total. The number of aryl methyl sites for hydroxylation is 1. The second-order valence-corrected chi connectivity index (χ2v) is 18.0. The Morgan fingerprint density at radius 2 is 1.77 bits per heavy atom. The van der Waals surface area contributed by atoms with E-state index in [-0.39, 0.29) is 35.4 Å². The number of hydrogen-bond donors (Lipinski definition) is 4. The van der Waals surface area contributed by atoms with Crippen molar-refractivity contribution in [2.24, 2.45) is 18.9 Å². The van der Waals surface area contributed by atoms with Gasteiger partial charge in [-0.15, -0.1) is 0 Å². The van der Waals surface area contributed by atoms with E-state index in [0.717, 1.165) is 92.3 Å². The van der Waals surface area contributed by atoms with E-state index in [4.69, 9.17) is 5.10 Å². The average Bonchev–Trinajstić information content (AvgIpc) is 3.84. The van der Waals surface area contributed by atoms with Crippen molar-refractivity contribution >= 4 is 45.3 Å². The number of likely N-dealkylation sites (tertiary alicyclic amines) is 1. The van der Waals surface area contributed by atoms with Gasteiger partial charge >= 0.3 is 11.9 Å². The summed E-state index contributed by atoms with van der Waals surface area (Å²) in [4.78, 5) is 57.3. The highest BCUT2D eigenvalue weighted by molar-refractivity contribution is 6.04. The number of rotatable bonds is 9. The van der Waals surface area contributed by atoms with Crippen LogP contribution in [0, 0.1) is 11.8 Å². The highest BCUT2D eigenvalue weighted by Gasteiger charge is 2.41. The number of imide groups is 1. The minimum atomic E-state index is -4.70. The molecule has 4 atom stereocenters. The fraction of sp³-hybridized carbons (Fsp3) is 0.500. The zero-order valence-electron chi connectivity index (χ0n) is 34.3. The van der Waals surface area contributed by atoms with Crippen LogP contribution >= 0.6 is 0 Å². The van der Waals surface area contributed by atoms with Gasteiger partial charge in [0.2, 0.25) is 11.8 Å². The summed E-state index contributed by atoms with van der Waals surface area (Å²) < 4.78 is 45.0. The number of alkyl halides is 3. The number of piperazine rings is 1. The molecule has 322 valence electrons. The molecule has 9 rings (SSSR count). The first-order valence-electron chi connectivity index (χ1n) is 21.1. The van der Waals surface area contributed by atoms with Gasteiger partial charge < -0.3 is 15.7 Å². The van der Waals surface area contributed by atoms with Crippen molar-refractivity contribution < 1.29 is 32.7 Å². The largest absolute Gasteiger partial charge is 0.433 e. The van der Waals surface area contributed by atoms with E-state index in [0.29, 0.717) is 41.4 Å². The predicted octanol–water partition coefficient (Wildman–Crippen LogP) is 5.20. The number of nitrogens with zero attached hydrogens (tertiary/aromatic N) is 6. The number of imidazole rings is 1. The van der Waals surface area contributed by atoms with Gasteiger partial charge in [-0.1, -0.05) is 18.2 Å². The maximum absolute atomic E-state index is 13.5. The fourth-order valence-electron chi connectivity index (χ4n) is 10.4. The van der Waals surface area contributed by atoms with Crippen LogP contribution < -0.4 is 21.6 Å². The molecular weight excluding hydrogens is 792 g/mol. The van der Waals surface area contributed by atoms with E-state index in [2.05, 4.69) is 31.9 Å². The minimum absolute atomic E-state index is 0.175. The van der Waals surface area contributed by atoms with Gasteiger partial charge in [-0.3, -0.25) is 38.4 Å². The van der Waals surface area contributed by atoms with Crippen LogP contribution in [0.4, 0.5) is 18.9 Å². The number of carbonyl (C=O) groups excluding carboxylic acids is 3. The van der Waals surface area contributed by atoms with E-state index < -0.39 is 35.3 Å². The number of amides is 3. The number of halogens is 3. The quantitative estimate of drug-likeness (QED) is 0.146. The minimum Gasteiger partial charge on any atom is -0.386 e. The van der Waals surface area contributed by atoms with Crippen molar-refractivity contribution in [3.63, 3.8) is 0 Å². The van der Waals surface area contributed by atoms with Gasteiger partial charge in [-0.2, -0.15) is 18.3 Å². The van der Waals surface area contributed by atoms with Crippen LogP contribution in [0.3, 0.4) is 0 Å². The lowest BCUT2D eigenvalue weighted by Crippen LogP contribution is -2.53. The number of benzene rings is 2. The topological polar surface area (TPSA) is 168 Å². The van der Waals surface area contributed by atoms with Crippen LogP contribution in [0.2, 0.25) is 0 Å². The van der Waals surface area contributed by atoms with Crippen molar-refractivity contribution in [3.8, 4) is 0 Å². The van der Waals surface area contributed by atoms with Gasteiger partial charge in [0.05, 0.1) is 28.2 Å². The van der Waals surface area contributed by atoms with Crippen molar-refractivity contribution in [3.05, 3.63) is 87.7 Å². The summed E-state index contributed by atoms with van der Waals surface area (Å²) in [7, 11) is 1.76. The van der Waals surface area contributed by atoms with Crippen LogP contribution in [0.1, 0.15) is 98.2 Å². The van der Waals surface area contributed by atoms with Crippen LogP contribution in [0.25, 0.3) is 21.9 Å². The summed E-state index contributed by atoms with van der Waals surface area (Å²) in [5.41, 5.74) is 0.749. The molecule has 3 amide bonds. The SMILES string of the molecule is Cn1c(=O)n(C2CCC(=O)NC2=O)c2cccc(CC3C[C@@H]4CN(CC5CCC(n6cc7cc(NC(=O)c8cccc(C(F)(F)F)n8)c(C(C)(C)O)cc7n6)CC5)C[C@H]3N4)c21. The smallest absolute Gasteiger partial charge is 0.386 e. The van der Waals surface area contributed by atoms with Crippen molar-refractivity contribution in [1.82, 2.24) is 39.4 Å². The van der Waals surface area contributed by atoms with Crippen molar-refractivity contribution in [1.29, 1.82) is 0 Å². The zero-order chi connectivity index (χ0) is 43.0. The van der Waals surface area contributed by atoms with Crippen LogP contribution in [0.15, 0.2) is 59.5 Å². The number of aromatic nitrogens is 5. The summed E-state index contributed by atoms with van der Waals surface area (Å²) in [5, 5.41) is 25.6. The molecule has 4 fully saturated rings. The first kappa shape index (κ1) is 41.0. The van der Waals surface area contributed by atoms with Crippen molar-refractivity contribution in [2.45, 2.75) is 101 Å². The summed E-state index contributed by atoms with van der Waals surface area (Å²) in [6.45, 7) is 6.10. The predicted molar refractivity (Wildman–Crippen MR) is 221 cm³/mol. The molecule has 5 aromatic rings. The third-order valence-corrected chi connectivity index (χ3v) is 13.3. The summed E-state index contributed by atoms with van der Waals surface area (Å²) in [6.07, 6.45) is 3.58. The first-order valence-corrected chi connectivity index (χ1v) is 21.1. The zero-order valence-corrected chi connectivity index (χ0v) is 34.3. The monoisotopic (exact) mass is 841 g/mol. The molecule has 2 unspecified atom stereocenters. The number of piperidine rings is 1. The molecule has 1 saturated carbocycles. The van der Waals surface area contributed by atoms with Crippen LogP contribution in [0.5, 0.6) is 0 Å². The Kier molecular flexibility index (Phi) is 10.4. The molecule has 0 radical (unpaired) electrons. The maximum atomic E-state index is 13.5. The summed E-state index contributed by atoms with van der Waals surface area (Å²) in [5.74, 6) is -0.634. The van der Waals surface area contributed by atoms with Gasteiger partial charge in [0.25, 0.3) is 5.91 Å². The third-order valence-electron chi connectivity index (χ3n) is 13.3. The normalized spacial score (nSPS) is 25.0. The maximum Gasteiger partial charge on any atom is 0.433 e. The fourth-order valence-corrected chi connectivity index (χ4v) is 10.4. The lowest BCUT2D eigenvalue weighted by Gasteiger charge is -2.38. The molecule has 2 bridgehead atoms. The van der Waals surface area contributed by atoms with E-state index in [1.165, 1.54) is 6.07 Å². The van der Waals surface area contributed by atoms with Gasteiger partial charge in [0.1, 0.15) is 17.4 Å². The van der Waals surface area contributed by atoms with E-state index in [9.17, 15) is 37.5 Å². The molecule has 3 aliphatic heterocycles. The Hall–Kier alpha value is -5.39. The standard InChI is InChI=1S/C44H50F3N9O5/c1-43(2,61)30-19-32-27(18-33(30)50-40(58)31-7-5-9-37(49-31)44(45,46)47)21-55(52-32)29-12-10-24(11-13-29)20-54-22-28-17-26(34(23-54)48-28)16-25-6-4-8-35-39(25)53(3)42(60)56(35)36-14-15-38(57)51-41(36)59/h4-9,18-19,21,24,26,28-29,34,36,48,61H,10-17,20,22-23H2,1-3H3,(H,50,58)(H,51,57,59)/t24?,26?,28-,29?,34-,36?/m1/s1. The Bertz CT molecular complexity index is 2600. The van der Waals surface area contributed by atoms with Crippen molar-refractivity contribution in [2.75, 3.05) is 25.0 Å². The van der Waals surface area contributed by atoms with Crippen LogP contribution in [-0.2, 0) is 34.8 Å². The number of pyridine rings is 1. The van der Waals surface area contributed by atoms with Crippen LogP contribution in [-0.4, -0.2) is 83.3 Å². The average molecular weight is 842 g/mol. The van der Waals surface area contributed by atoms with E-state index in [1.807, 2.05) is 23.0 Å². The molecule has 3 aromatic heterocycles. The highest BCUT2D eigenvalue weighted by atomic mass is 19.4. The number of nitrogens with one attached hydrogen (secondary N) is 3. The Labute approximate surface area is 349 Å². The second-order valence-electron chi connectivity index (χ2n) is 18.0. The van der Waals surface area contributed by atoms with E-state index >= 15 is 0 Å². The molecule has 61 heavy (non-hydrogen) atoms. The molecule has 1 aliphatic carbocycles. The Balaban J connectivity index is 0.834. The number of hydrogen-bond acceptors (Lipinski definition) is 9. The first-order chi connectivity index (χ1) is 29.0. The number of carbonyl (C=O) groups is 3. The molecule has 3 saturated heterocycles. The van der Waals surface area contributed by atoms with Gasteiger partial charge in [-0.05, 0) is 107 Å². The van der Waals surface area contributed by atoms with E-state index in [1.54, 1.807) is 42.2 Å². The molecular formula is C44H50F3N9O5. The number of fused-ring (bicyclic) bond motifs is 4. The number of para-hydroxylation sites is 1. The Morgan fingerprint density at radius 1 is 1.00 bits per heavy atom. The molecule has 0 spiro atoms. The molecule has 14 nitrogen and oxygen atoms in total. The second kappa shape index (κ2) is 15.5. The molecule has 4 aliphatic rings. The highest BCUT2D eigenvalue weighted by Crippen LogP contribution is 2.38. The molecule has 2 aromatic carbocycles. The van der Waals surface area contributed by atoms with Gasteiger partial charge in [-0.25, -0.2) is 9.78 Å². The summed E-state index contributed by atoms with van der Waals surface area (Å²) >= 11 is 0. The number of anilines is 1. The Morgan fingerprint density at radius 3 is 2.51 bits per heavy atom. The lowest BCUT2D eigenvalue weighted by molar-refractivity contribution is -0.141. The third kappa shape index (κ3) is 7.98. The lowest BCUT2D eigenvalue weighted by atomic mass is 9.85. The number of aliphatic hydroxyl groups is 1.